The predicted molar refractivity (Wildman–Crippen MR) is 91.6 cm³/mol. The van der Waals surface area contributed by atoms with E-state index in [1.54, 1.807) is 29.9 Å². The number of carbonyl (C=O) groups excluding carboxylic acids is 2. The summed E-state index contributed by atoms with van der Waals surface area (Å²) in [5, 5.41) is 0.498. The first-order valence-electron chi connectivity index (χ1n) is 7.98. The molecule has 0 radical (unpaired) electrons. The highest BCUT2D eigenvalue weighted by Gasteiger charge is 2.25. The van der Waals surface area contributed by atoms with Crippen molar-refractivity contribution in [2.75, 3.05) is 39.9 Å². The summed E-state index contributed by atoms with van der Waals surface area (Å²) in [7, 11) is 1.56. The van der Waals surface area contributed by atoms with Gasteiger partial charge in [-0.3, -0.25) is 4.79 Å². The Kier molecular flexibility index (Phi) is 6.31. The van der Waals surface area contributed by atoms with E-state index in [1.165, 1.54) is 0 Å². The maximum atomic E-state index is 12.5. The third-order valence-electron chi connectivity index (χ3n) is 4.11. The monoisotopic (exact) mass is 354 g/mol. The number of carbonyl (C=O) groups is 2. The first kappa shape index (κ1) is 18.4. The minimum atomic E-state index is -0.317. The molecule has 1 aliphatic rings. The van der Waals surface area contributed by atoms with Gasteiger partial charge in [0.1, 0.15) is 5.75 Å². The molecule has 1 aromatic rings. The normalized spacial score (nSPS) is 14.5. The second kappa shape index (κ2) is 8.24. The number of amides is 2. The zero-order valence-corrected chi connectivity index (χ0v) is 15.1. The summed E-state index contributed by atoms with van der Waals surface area (Å²) in [6.45, 7) is 6.08. The largest absolute Gasteiger partial charge is 0.495 e. The van der Waals surface area contributed by atoms with E-state index in [0.29, 0.717) is 43.6 Å². The van der Waals surface area contributed by atoms with Crippen LogP contribution < -0.4 is 4.74 Å². The van der Waals surface area contributed by atoms with Gasteiger partial charge in [0.25, 0.3) is 0 Å². The molecule has 0 saturated carbocycles. The highest BCUT2D eigenvalue weighted by Crippen LogP contribution is 2.28. The third kappa shape index (κ3) is 4.32. The molecule has 0 unspecified atom stereocenters. The van der Waals surface area contributed by atoms with Gasteiger partial charge in [0.05, 0.1) is 25.2 Å². The lowest BCUT2D eigenvalue weighted by molar-refractivity contribution is -0.132. The van der Waals surface area contributed by atoms with E-state index in [2.05, 4.69) is 0 Å². The molecule has 6 nitrogen and oxygen atoms in total. The zero-order valence-electron chi connectivity index (χ0n) is 14.3. The van der Waals surface area contributed by atoms with Crippen LogP contribution in [0.1, 0.15) is 18.1 Å². The maximum absolute atomic E-state index is 12.5. The molecule has 0 N–H and O–H groups in total. The fraction of sp³-hybridized carbons (Fsp3) is 0.529. The number of benzene rings is 1. The molecule has 0 atom stereocenters. The molecular formula is C17H23ClN2O4. The summed E-state index contributed by atoms with van der Waals surface area (Å²) in [5.74, 6) is 0.635. The number of hydrogen-bond acceptors (Lipinski definition) is 4. The van der Waals surface area contributed by atoms with Gasteiger partial charge in [-0.05, 0) is 37.1 Å². The summed E-state index contributed by atoms with van der Waals surface area (Å²) in [4.78, 5) is 27.6. The number of methoxy groups -OCH3 is 1. The molecule has 1 aromatic carbocycles. The van der Waals surface area contributed by atoms with Crippen molar-refractivity contribution in [1.29, 1.82) is 0 Å². The number of rotatable bonds is 4. The van der Waals surface area contributed by atoms with Crippen LogP contribution in [0.2, 0.25) is 5.02 Å². The molecule has 0 aromatic heterocycles. The molecule has 0 bridgehead atoms. The van der Waals surface area contributed by atoms with Crippen LogP contribution >= 0.6 is 11.6 Å². The van der Waals surface area contributed by atoms with Gasteiger partial charge in [0.15, 0.2) is 0 Å². The van der Waals surface area contributed by atoms with Crippen molar-refractivity contribution >= 4 is 23.6 Å². The van der Waals surface area contributed by atoms with Crippen molar-refractivity contribution in [2.24, 2.45) is 0 Å². The van der Waals surface area contributed by atoms with Crippen LogP contribution in [0.25, 0.3) is 0 Å². The Morgan fingerprint density at radius 1 is 1.17 bits per heavy atom. The molecule has 2 rings (SSSR count). The van der Waals surface area contributed by atoms with Gasteiger partial charge in [-0.25, -0.2) is 4.79 Å². The molecule has 7 heteroatoms. The van der Waals surface area contributed by atoms with Gasteiger partial charge in [-0.2, -0.15) is 0 Å². The number of aryl methyl sites for hydroxylation is 1. The van der Waals surface area contributed by atoms with Crippen molar-refractivity contribution in [3.05, 3.63) is 28.3 Å². The number of piperazine rings is 1. The molecule has 132 valence electrons. The Hall–Kier alpha value is -1.95. The van der Waals surface area contributed by atoms with E-state index in [-0.39, 0.29) is 18.4 Å². The van der Waals surface area contributed by atoms with Crippen molar-refractivity contribution < 1.29 is 19.1 Å². The minimum absolute atomic E-state index is 0.0304. The Morgan fingerprint density at radius 3 is 2.38 bits per heavy atom. The molecule has 1 heterocycles. The number of nitrogens with zero attached hydrogens (tertiary/aromatic N) is 2. The standard InChI is InChI=1S/C17H23ClN2O4/c1-4-24-17(22)20-7-5-19(6-8-20)16(21)11-13-10-14(18)15(23-3)9-12(13)2/h9-10H,4-8,11H2,1-3H3. The number of hydrogen-bond donors (Lipinski definition) is 0. The van der Waals surface area contributed by atoms with E-state index < -0.39 is 0 Å². The van der Waals surface area contributed by atoms with Gasteiger partial charge < -0.3 is 19.3 Å². The third-order valence-corrected chi connectivity index (χ3v) is 4.41. The molecule has 24 heavy (non-hydrogen) atoms. The van der Waals surface area contributed by atoms with Gasteiger partial charge >= 0.3 is 6.09 Å². The average molecular weight is 355 g/mol. The van der Waals surface area contributed by atoms with Crippen LogP contribution in [0.5, 0.6) is 5.75 Å². The Bertz CT molecular complexity index is 613. The molecule has 2 amide bonds. The second-order valence-corrected chi connectivity index (χ2v) is 6.06. The van der Waals surface area contributed by atoms with Gasteiger partial charge in [0.2, 0.25) is 5.91 Å². The van der Waals surface area contributed by atoms with Crippen molar-refractivity contribution in [3.8, 4) is 5.75 Å². The summed E-state index contributed by atoms with van der Waals surface area (Å²) >= 11 is 6.15. The molecule has 0 aliphatic carbocycles. The van der Waals surface area contributed by atoms with E-state index in [1.807, 2.05) is 13.0 Å². The van der Waals surface area contributed by atoms with Crippen LogP contribution in [-0.2, 0) is 16.0 Å². The summed E-state index contributed by atoms with van der Waals surface area (Å²) in [6.07, 6.45) is -0.0306. The summed E-state index contributed by atoms with van der Waals surface area (Å²) < 4.78 is 10.2. The quantitative estimate of drug-likeness (QED) is 0.833. The number of ether oxygens (including phenoxy) is 2. The molecule has 1 aliphatic heterocycles. The Balaban J connectivity index is 1.95. The smallest absolute Gasteiger partial charge is 0.409 e. The first-order valence-corrected chi connectivity index (χ1v) is 8.36. The lowest BCUT2D eigenvalue weighted by Crippen LogP contribution is -2.51. The Morgan fingerprint density at radius 2 is 1.79 bits per heavy atom. The second-order valence-electron chi connectivity index (χ2n) is 5.66. The van der Waals surface area contributed by atoms with Gasteiger partial charge in [-0.1, -0.05) is 11.6 Å². The minimum Gasteiger partial charge on any atom is -0.495 e. The summed E-state index contributed by atoms with van der Waals surface area (Å²) in [5.41, 5.74) is 1.85. The molecule has 1 saturated heterocycles. The van der Waals surface area contributed by atoms with Crippen LogP contribution in [-0.4, -0.2) is 61.7 Å². The average Bonchev–Trinajstić information content (AvgIpc) is 2.58. The fourth-order valence-corrected chi connectivity index (χ4v) is 2.93. The maximum Gasteiger partial charge on any atom is 0.409 e. The van der Waals surface area contributed by atoms with E-state index in [9.17, 15) is 9.59 Å². The lowest BCUT2D eigenvalue weighted by atomic mass is 10.0. The van der Waals surface area contributed by atoms with Gasteiger partial charge in [0, 0.05) is 26.2 Å². The first-order chi connectivity index (χ1) is 11.5. The van der Waals surface area contributed by atoms with Crippen molar-refractivity contribution in [1.82, 2.24) is 9.80 Å². The molecule has 1 fully saturated rings. The van der Waals surface area contributed by atoms with Gasteiger partial charge in [-0.15, -0.1) is 0 Å². The van der Waals surface area contributed by atoms with Crippen LogP contribution in [0, 0.1) is 6.92 Å². The van der Waals surface area contributed by atoms with Crippen LogP contribution in [0.15, 0.2) is 12.1 Å². The lowest BCUT2D eigenvalue weighted by Gasteiger charge is -2.34. The Labute approximate surface area is 147 Å². The van der Waals surface area contributed by atoms with Crippen LogP contribution in [0.3, 0.4) is 0 Å². The molecule has 0 spiro atoms. The van der Waals surface area contributed by atoms with E-state index in [0.717, 1.165) is 11.1 Å². The van der Waals surface area contributed by atoms with Crippen LogP contribution in [0.4, 0.5) is 4.79 Å². The highest BCUT2D eigenvalue weighted by atomic mass is 35.5. The van der Waals surface area contributed by atoms with E-state index >= 15 is 0 Å². The SMILES string of the molecule is CCOC(=O)N1CCN(C(=O)Cc2cc(Cl)c(OC)cc2C)CC1. The van der Waals surface area contributed by atoms with E-state index in [4.69, 9.17) is 21.1 Å². The zero-order chi connectivity index (χ0) is 17.7. The number of halogens is 1. The summed E-state index contributed by atoms with van der Waals surface area (Å²) in [6, 6.07) is 3.62. The topological polar surface area (TPSA) is 59.1 Å². The highest BCUT2D eigenvalue weighted by molar-refractivity contribution is 6.32. The predicted octanol–water partition coefficient (Wildman–Crippen LogP) is 2.50. The van der Waals surface area contributed by atoms with Crippen molar-refractivity contribution in [3.63, 3.8) is 0 Å². The van der Waals surface area contributed by atoms with Crippen molar-refractivity contribution in [2.45, 2.75) is 20.3 Å². The fourth-order valence-electron chi connectivity index (χ4n) is 2.67. The molecular weight excluding hydrogens is 332 g/mol.